The smallest absolute Gasteiger partial charge is 0.254 e. The number of hydrogen-bond acceptors (Lipinski definition) is 3. The normalized spacial score (nSPS) is 19.7. The van der Waals surface area contributed by atoms with Crippen LogP contribution in [-0.4, -0.2) is 36.6 Å². The molecule has 0 spiro atoms. The zero-order chi connectivity index (χ0) is 21.0. The lowest BCUT2D eigenvalue weighted by atomic mass is 9.90. The van der Waals surface area contributed by atoms with Crippen LogP contribution in [0.3, 0.4) is 0 Å². The second kappa shape index (κ2) is 12.7. The van der Waals surface area contributed by atoms with Crippen LogP contribution in [0, 0.1) is 17.2 Å². The molecule has 0 N–H and O–H groups in total. The summed E-state index contributed by atoms with van der Waals surface area (Å²) in [7, 11) is 0. The van der Waals surface area contributed by atoms with Gasteiger partial charge in [-0.2, -0.15) is 5.26 Å². The van der Waals surface area contributed by atoms with Crippen LogP contribution in [0.1, 0.15) is 93.0 Å². The van der Waals surface area contributed by atoms with E-state index in [1.807, 2.05) is 12.1 Å². The number of ether oxygens (including phenoxy) is 1. The summed E-state index contributed by atoms with van der Waals surface area (Å²) in [6.45, 7) is 2.60. The molecule has 1 aromatic rings. The first-order valence-corrected chi connectivity index (χ1v) is 12.1. The van der Waals surface area contributed by atoms with Crippen LogP contribution in [0.2, 0.25) is 0 Å². The molecule has 1 amide bonds. The highest BCUT2D eigenvalue weighted by molar-refractivity contribution is 5.94. The van der Waals surface area contributed by atoms with Crippen LogP contribution in [0.5, 0.6) is 0 Å². The number of amides is 1. The first-order chi connectivity index (χ1) is 14.8. The zero-order valence-corrected chi connectivity index (χ0v) is 18.5. The maximum atomic E-state index is 12.6. The molecule has 0 radical (unpaired) electrons. The van der Waals surface area contributed by atoms with Gasteiger partial charge in [-0.15, -0.1) is 0 Å². The van der Waals surface area contributed by atoms with Crippen molar-refractivity contribution in [3.8, 4) is 6.07 Å². The fraction of sp³-hybridized carbons (Fsp3) is 0.692. The number of nitriles is 1. The van der Waals surface area contributed by atoms with Crippen LogP contribution in [0.15, 0.2) is 24.3 Å². The molecular weight excluding hydrogens is 372 g/mol. The molecule has 0 bridgehead atoms. The van der Waals surface area contributed by atoms with Crippen LogP contribution in [0.25, 0.3) is 0 Å². The summed E-state index contributed by atoms with van der Waals surface area (Å²) in [4.78, 5) is 14.3. The Bertz CT molecular complexity index is 673. The van der Waals surface area contributed by atoms with Crippen molar-refractivity contribution in [1.29, 1.82) is 5.26 Å². The first kappa shape index (κ1) is 22.8. The van der Waals surface area contributed by atoms with Crippen LogP contribution in [0.4, 0.5) is 0 Å². The first-order valence-electron chi connectivity index (χ1n) is 12.1. The van der Waals surface area contributed by atoms with Gasteiger partial charge in [-0.3, -0.25) is 4.79 Å². The van der Waals surface area contributed by atoms with Gasteiger partial charge in [0.1, 0.15) is 6.04 Å². The standard InChI is InChI=1S/C26H38N2O2/c27-20-25-13-9-18-28(25)26(29)24-16-14-22(15-17-24)10-5-2-1-3-8-19-30-21-23-11-6-4-7-12-23/h14-17,23,25H,1-13,18-19,21H2/t25-/m0/s1. The molecule has 4 nitrogen and oxygen atoms in total. The Morgan fingerprint density at radius 2 is 1.70 bits per heavy atom. The van der Waals surface area contributed by atoms with Gasteiger partial charge in [0.2, 0.25) is 0 Å². The maximum absolute atomic E-state index is 12.6. The average Bonchev–Trinajstić information content (AvgIpc) is 3.27. The van der Waals surface area contributed by atoms with Crippen molar-refractivity contribution in [2.24, 2.45) is 5.92 Å². The van der Waals surface area contributed by atoms with E-state index in [1.165, 1.54) is 69.8 Å². The Balaban J connectivity index is 1.23. The third-order valence-corrected chi connectivity index (χ3v) is 6.70. The molecule has 3 rings (SSSR count). The Morgan fingerprint density at radius 1 is 0.967 bits per heavy atom. The molecule has 1 saturated heterocycles. The van der Waals surface area contributed by atoms with Crippen LogP contribution >= 0.6 is 0 Å². The summed E-state index contributed by atoms with van der Waals surface area (Å²) in [6, 6.07) is 9.98. The van der Waals surface area contributed by atoms with Crippen molar-refractivity contribution in [3.05, 3.63) is 35.4 Å². The number of nitrogens with zero attached hydrogens (tertiary/aromatic N) is 2. The summed E-state index contributed by atoms with van der Waals surface area (Å²) >= 11 is 0. The Labute approximate surface area is 182 Å². The SMILES string of the molecule is N#C[C@@H]1CCCN1C(=O)c1ccc(CCCCCCCOCC2CCCCC2)cc1. The van der Waals surface area contributed by atoms with Crippen LogP contribution < -0.4 is 0 Å². The van der Waals surface area contributed by atoms with Crippen molar-refractivity contribution in [3.63, 3.8) is 0 Å². The summed E-state index contributed by atoms with van der Waals surface area (Å²) < 4.78 is 5.88. The molecule has 1 aliphatic heterocycles. The predicted molar refractivity (Wildman–Crippen MR) is 120 cm³/mol. The minimum Gasteiger partial charge on any atom is -0.381 e. The fourth-order valence-corrected chi connectivity index (χ4v) is 4.79. The maximum Gasteiger partial charge on any atom is 0.254 e. The van der Waals surface area contributed by atoms with Gasteiger partial charge in [0.05, 0.1) is 6.07 Å². The highest BCUT2D eigenvalue weighted by atomic mass is 16.5. The molecule has 0 aromatic heterocycles. The number of hydrogen-bond donors (Lipinski definition) is 0. The van der Waals surface area contributed by atoms with Gasteiger partial charge in [-0.05, 0) is 68.6 Å². The van der Waals surface area contributed by atoms with Crippen molar-refractivity contribution < 1.29 is 9.53 Å². The topological polar surface area (TPSA) is 53.3 Å². The molecule has 2 aliphatic rings. The van der Waals surface area contributed by atoms with Crippen molar-refractivity contribution in [1.82, 2.24) is 4.90 Å². The lowest BCUT2D eigenvalue weighted by Gasteiger charge is -2.21. The van der Waals surface area contributed by atoms with E-state index in [1.54, 1.807) is 4.90 Å². The van der Waals surface area contributed by atoms with Gasteiger partial charge in [-0.1, -0.05) is 50.7 Å². The average molecular weight is 411 g/mol. The molecule has 1 saturated carbocycles. The van der Waals surface area contributed by atoms with Gasteiger partial charge in [0.25, 0.3) is 5.91 Å². The highest BCUT2D eigenvalue weighted by Gasteiger charge is 2.29. The molecule has 30 heavy (non-hydrogen) atoms. The number of benzene rings is 1. The van der Waals surface area contributed by atoms with Gasteiger partial charge in [-0.25, -0.2) is 0 Å². The molecule has 1 atom stereocenters. The lowest BCUT2D eigenvalue weighted by Crippen LogP contribution is -2.34. The molecule has 1 aromatic carbocycles. The number of carbonyl (C=O) groups is 1. The third-order valence-electron chi connectivity index (χ3n) is 6.70. The minimum atomic E-state index is -0.255. The van der Waals surface area contributed by atoms with E-state index < -0.39 is 0 Å². The number of carbonyl (C=O) groups excluding carboxylic acids is 1. The summed E-state index contributed by atoms with van der Waals surface area (Å²) in [6.07, 6.45) is 15.9. The van der Waals surface area contributed by atoms with Crippen molar-refractivity contribution >= 4 is 5.91 Å². The Kier molecular flexibility index (Phi) is 9.70. The zero-order valence-electron chi connectivity index (χ0n) is 18.5. The van der Waals surface area contributed by atoms with Gasteiger partial charge < -0.3 is 9.64 Å². The van der Waals surface area contributed by atoms with E-state index in [4.69, 9.17) is 4.74 Å². The minimum absolute atomic E-state index is 0.00342. The van der Waals surface area contributed by atoms with E-state index in [-0.39, 0.29) is 11.9 Å². The van der Waals surface area contributed by atoms with E-state index in [9.17, 15) is 10.1 Å². The van der Waals surface area contributed by atoms with E-state index in [2.05, 4.69) is 18.2 Å². The molecular formula is C26H38N2O2. The lowest BCUT2D eigenvalue weighted by molar-refractivity contribution is 0.0765. The quantitative estimate of drug-likeness (QED) is 0.426. The number of aryl methyl sites for hydroxylation is 1. The van der Waals surface area contributed by atoms with Gasteiger partial charge in [0.15, 0.2) is 0 Å². The molecule has 1 heterocycles. The van der Waals surface area contributed by atoms with E-state index >= 15 is 0 Å². The molecule has 0 unspecified atom stereocenters. The molecule has 164 valence electrons. The van der Waals surface area contributed by atoms with Gasteiger partial charge in [0, 0.05) is 25.3 Å². The number of unbranched alkanes of at least 4 members (excludes halogenated alkanes) is 4. The van der Waals surface area contributed by atoms with E-state index in [0.717, 1.165) is 38.4 Å². The highest BCUT2D eigenvalue weighted by Crippen LogP contribution is 2.24. The third kappa shape index (κ3) is 7.13. The monoisotopic (exact) mass is 410 g/mol. The van der Waals surface area contributed by atoms with Crippen molar-refractivity contribution in [2.75, 3.05) is 19.8 Å². The predicted octanol–water partition coefficient (Wildman–Crippen LogP) is 5.90. The largest absolute Gasteiger partial charge is 0.381 e. The second-order valence-electron chi connectivity index (χ2n) is 9.08. The molecule has 1 aliphatic carbocycles. The summed E-state index contributed by atoms with van der Waals surface area (Å²) in [5.41, 5.74) is 2.00. The number of likely N-dealkylation sites (tertiary alicyclic amines) is 1. The summed E-state index contributed by atoms with van der Waals surface area (Å²) in [5.74, 6) is 0.819. The van der Waals surface area contributed by atoms with Crippen LogP contribution in [-0.2, 0) is 11.2 Å². The molecule has 2 fully saturated rings. The van der Waals surface area contributed by atoms with E-state index in [0.29, 0.717) is 12.1 Å². The summed E-state index contributed by atoms with van der Waals surface area (Å²) in [5, 5.41) is 9.18. The van der Waals surface area contributed by atoms with Gasteiger partial charge >= 0.3 is 0 Å². The fourth-order valence-electron chi connectivity index (χ4n) is 4.79. The molecule has 4 heteroatoms. The number of rotatable bonds is 11. The second-order valence-corrected chi connectivity index (χ2v) is 9.08. The van der Waals surface area contributed by atoms with Crippen molar-refractivity contribution in [2.45, 2.75) is 89.5 Å². The Morgan fingerprint density at radius 3 is 2.47 bits per heavy atom. The Hall–Kier alpha value is -1.86.